The molecule has 0 aliphatic heterocycles. The van der Waals surface area contributed by atoms with Crippen LogP contribution in [0.5, 0.6) is 0 Å². The summed E-state index contributed by atoms with van der Waals surface area (Å²) in [6.07, 6.45) is 2.22. The van der Waals surface area contributed by atoms with Crippen molar-refractivity contribution in [3.05, 3.63) is 38.7 Å². The maximum absolute atomic E-state index is 13.4. The molecule has 6 heteroatoms. The van der Waals surface area contributed by atoms with Gasteiger partial charge in [-0.25, -0.2) is 14.4 Å². The van der Waals surface area contributed by atoms with Crippen LogP contribution in [0.3, 0.4) is 0 Å². The zero-order valence-electron chi connectivity index (χ0n) is 9.83. The van der Waals surface area contributed by atoms with Crippen LogP contribution in [0.4, 0.5) is 10.2 Å². The van der Waals surface area contributed by atoms with E-state index in [0.29, 0.717) is 27.6 Å². The Kier molecular flexibility index (Phi) is 3.30. The average Bonchev–Trinajstić information content (AvgIpc) is 3.15. The number of nitrogen functional groups attached to an aromatic ring is 1. The Morgan fingerprint density at radius 1 is 1.16 bits per heavy atom. The molecule has 1 aliphatic carbocycles. The van der Waals surface area contributed by atoms with Crippen LogP contribution in [0.15, 0.2) is 27.1 Å². The fourth-order valence-corrected chi connectivity index (χ4v) is 2.89. The third kappa shape index (κ3) is 2.65. The van der Waals surface area contributed by atoms with Gasteiger partial charge in [0.25, 0.3) is 0 Å². The van der Waals surface area contributed by atoms with Gasteiger partial charge in [-0.1, -0.05) is 15.9 Å². The van der Waals surface area contributed by atoms with Gasteiger partial charge in [0, 0.05) is 16.0 Å². The molecule has 1 heterocycles. The average molecular weight is 387 g/mol. The van der Waals surface area contributed by atoms with Gasteiger partial charge in [-0.05, 0) is 47.0 Å². The summed E-state index contributed by atoms with van der Waals surface area (Å²) in [7, 11) is 0. The predicted octanol–water partition coefficient (Wildman–Crippen LogP) is 4.27. The van der Waals surface area contributed by atoms with E-state index in [1.807, 2.05) is 0 Å². The first-order valence-electron chi connectivity index (χ1n) is 5.84. The van der Waals surface area contributed by atoms with Crippen molar-refractivity contribution in [2.24, 2.45) is 0 Å². The molecule has 2 aromatic rings. The van der Waals surface area contributed by atoms with Gasteiger partial charge in [-0.15, -0.1) is 0 Å². The first-order chi connectivity index (χ1) is 9.04. The normalized spacial score (nSPS) is 14.7. The molecule has 3 rings (SSSR count). The van der Waals surface area contributed by atoms with E-state index in [2.05, 4.69) is 41.8 Å². The van der Waals surface area contributed by atoms with Crippen molar-refractivity contribution < 1.29 is 4.39 Å². The molecule has 0 atom stereocenters. The molecule has 1 aromatic heterocycles. The second-order valence-corrected chi connectivity index (χ2v) is 6.27. The van der Waals surface area contributed by atoms with Crippen LogP contribution in [-0.4, -0.2) is 9.97 Å². The Morgan fingerprint density at radius 3 is 2.53 bits per heavy atom. The lowest BCUT2D eigenvalue weighted by Crippen LogP contribution is -2.02. The number of aromatic nitrogens is 2. The predicted molar refractivity (Wildman–Crippen MR) is 79.2 cm³/mol. The van der Waals surface area contributed by atoms with Crippen LogP contribution < -0.4 is 5.73 Å². The van der Waals surface area contributed by atoms with Crippen LogP contribution in [0, 0.1) is 5.82 Å². The second kappa shape index (κ2) is 4.83. The summed E-state index contributed by atoms with van der Waals surface area (Å²) >= 11 is 6.69. The summed E-state index contributed by atoms with van der Waals surface area (Å²) in [4.78, 5) is 8.75. The maximum atomic E-state index is 13.4. The fourth-order valence-electron chi connectivity index (χ4n) is 1.92. The molecule has 0 spiro atoms. The zero-order chi connectivity index (χ0) is 13.6. The highest BCUT2D eigenvalue weighted by Crippen LogP contribution is 2.44. The largest absolute Gasteiger partial charge is 0.383 e. The van der Waals surface area contributed by atoms with Crippen molar-refractivity contribution in [1.29, 1.82) is 0 Å². The van der Waals surface area contributed by atoms with Crippen LogP contribution in [0.1, 0.15) is 24.5 Å². The molecule has 1 aliphatic rings. The van der Waals surface area contributed by atoms with Crippen molar-refractivity contribution in [2.75, 3.05) is 5.73 Å². The lowest BCUT2D eigenvalue weighted by Gasteiger charge is -2.08. The lowest BCUT2D eigenvalue weighted by atomic mass is 10.2. The summed E-state index contributed by atoms with van der Waals surface area (Å²) in [6, 6.07) is 4.58. The van der Waals surface area contributed by atoms with Gasteiger partial charge in [-0.3, -0.25) is 0 Å². The number of benzene rings is 1. The van der Waals surface area contributed by atoms with Gasteiger partial charge in [-0.2, -0.15) is 0 Å². The maximum Gasteiger partial charge on any atom is 0.161 e. The van der Waals surface area contributed by atoms with E-state index >= 15 is 0 Å². The fraction of sp³-hybridized carbons (Fsp3) is 0.231. The van der Waals surface area contributed by atoms with E-state index < -0.39 is 0 Å². The molecule has 0 unspecified atom stereocenters. The summed E-state index contributed by atoms with van der Waals surface area (Å²) in [6.45, 7) is 0. The summed E-state index contributed by atoms with van der Waals surface area (Å²) in [5, 5.41) is 0. The molecular weight excluding hydrogens is 377 g/mol. The number of hydrogen-bond donors (Lipinski definition) is 1. The van der Waals surface area contributed by atoms with E-state index in [4.69, 9.17) is 5.73 Å². The summed E-state index contributed by atoms with van der Waals surface area (Å²) in [5.41, 5.74) is 7.43. The Morgan fingerprint density at radius 2 is 1.89 bits per heavy atom. The van der Waals surface area contributed by atoms with Crippen molar-refractivity contribution in [2.45, 2.75) is 18.8 Å². The van der Waals surface area contributed by atoms with Gasteiger partial charge >= 0.3 is 0 Å². The van der Waals surface area contributed by atoms with Crippen molar-refractivity contribution in [3.63, 3.8) is 0 Å². The Balaban J connectivity index is 2.14. The molecule has 3 nitrogen and oxygen atoms in total. The minimum absolute atomic E-state index is 0.331. The highest BCUT2D eigenvalue weighted by Gasteiger charge is 2.29. The van der Waals surface area contributed by atoms with Gasteiger partial charge in [0.05, 0.1) is 10.2 Å². The standard InChI is InChI=1S/C13H10Br2FN3/c14-8-3-7(4-9(16)5-8)13-18-11(6-1-2-6)10(15)12(17)19-13/h3-6H,1-2H2,(H2,17,18,19). The van der Waals surface area contributed by atoms with Crippen LogP contribution >= 0.6 is 31.9 Å². The number of nitrogens with zero attached hydrogens (tertiary/aromatic N) is 2. The minimum atomic E-state index is -0.331. The quantitative estimate of drug-likeness (QED) is 0.838. The zero-order valence-corrected chi connectivity index (χ0v) is 13.0. The monoisotopic (exact) mass is 385 g/mol. The van der Waals surface area contributed by atoms with Crippen LogP contribution in [0.2, 0.25) is 0 Å². The summed E-state index contributed by atoms with van der Waals surface area (Å²) < 4.78 is 14.9. The van der Waals surface area contributed by atoms with Gasteiger partial charge < -0.3 is 5.73 Å². The first kappa shape index (κ1) is 13.0. The smallest absolute Gasteiger partial charge is 0.161 e. The Labute approximate surface area is 126 Å². The minimum Gasteiger partial charge on any atom is -0.383 e. The number of halogens is 3. The van der Waals surface area contributed by atoms with Crippen LogP contribution in [-0.2, 0) is 0 Å². The third-order valence-electron chi connectivity index (χ3n) is 2.99. The molecule has 98 valence electrons. The number of hydrogen-bond acceptors (Lipinski definition) is 3. The lowest BCUT2D eigenvalue weighted by molar-refractivity contribution is 0.627. The van der Waals surface area contributed by atoms with Crippen molar-refractivity contribution in [3.8, 4) is 11.4 Å². The van der Waals surface area contributed by atoms with E-state index in [9.17, 15) is 4.39 Å². The summed E-state index contributed by atoms with van der Waals surface area (Å²) in [5.74, 6) is 0.966. The van der Waals surface area contributed by atoms with Gasteiger partial charge in [0.2, 0.25) is 0 Å². The second-order valence-electron chi connectivity index (χ2n) is 4.56. The van der Waals surface area contributed by atoms with E-state index in [1.54, 1.807) is 6.07 Å². The molecule has 0 bridgehead atoms. The molecule has 1 saturated carbocycles. The Bertz CT molecular complexity index is 636. The molecular formula is C13H10Br2FN3. The van der Waals surface area contributed by atoms with Crippen molar-refractivity contribution >= 4 is 37.7 Å². The number of anilines is 1. The van der Waals surface area contributed by atoms with Crippen molar-refractivity contribution in [1.82, 2.24) is 9.97 Å². The van der Waals surface area contributed by atoms with Gasteiger partial charge in [0.1, 0.15) is 11.6 Å². The highest BCUT2D eigenvalue weighted by atomic mass is 79.9. The molecule has 19 heavy (non-hydrogen) atoms. The van der Waals surface area contributed by atoms with E-state index in [0.717, 1.165) is 23.0 Å². The molecule has 0 amide bonds. The molecule has 0 saturated heterocycles. The number of rotatable bonds is 2. The SMILES string of the molecule is Nc1nc(-c2cc(F)cc(Br)c2)nc(C2CC2)c1Br. The first-order valence-corrected chi connectivity index (χ1v) is 7.42. The molecule has 1 aromatic carbocycles. The third-order valence-corrected chi connectivity index (χ3v) is 4.26. The van der Waals surface area contributed by atoms with Crippen LogP contribution in [0.25, 0.3) is 11.4 Å². The van der Waals surface area contributed by atoms with Gasteiger partial charge in [0.15, 0.2) is 5.82 Å². The Hall–Kier alpha value is -1.01. The van der Waals surface area contributed by atoms with E-state index in [-0.39, 0.29) is 5.82 Å². The topological polar surface area (TPSA) is 51.8 Å². The molecule has 2 N–H and O–H groups in total. The molecule has 1 fully saturated rings. The highest BCUT2D eigenvalue weighted by molar-refractivity contribution is 9.11. The number of nitrogens with two attached hydrogens (primary N) is 1. The van der Waals surface area contributed by atoms with E-state index in [1.165, 1.54) is 12.1 Å². The molecule has 0 radical (unpaired) electrons.